The molecule has 5 nitrogen and oxygen atoms in total. The normalized spacial score (nSPS) is 11.0. The SMILES string of the molecule is CCCNC(=O)CSc1nc2scc(-c3ccc(F)cc3)c2c(=O)n1C. The number of fused-ring (bicyclic) bond motifs is 1. The Morgan fingerprint density at radius 1 is 1.35 bits per heavy atom. The third-order valence-corrected chi connectivity index (χ3v) is 5.74. The van der Waals surface area contributed by atoms with Crippen molar-refractivity contribution in [3.63, 3.8) is 0 Å². The summed E-state index contributed by atoms with van der Waals surface area (Å²) < 4.78 is 14.6. The molecule has 0 spiro atoms. The number of carbonyl (C=O) groups is 1. The molecule has 0 unspecified atom stereocenters. The number of benzene rings is 1. The third kappa shape index (κ3) is 3.81. The summed E-state index contributed by atoms with van der Waals surface area (Å²) in [7, 11) is 1.65. The minimum absolute atomic E-state index is 0.0793. The summed E-state index contributed by atoms with van der Waals surface area (Å²) in [5.41, 5.74) is 1.35. The molecule has 3 aromatic rings. The van der Waals surface area contributed by atoms with Gasteiger partial charge in [0.1, 0.15) is 10.6 Å². The van der Waals surface area contributed by atoms with Gasteiger partial charge >= 0.3 is 0 Å². The fourth-order valence-electron chi connectivity index (χ4n) is 2.47. The van der Waals surface area contributed by atoms with E-state index >= 15 is 0 Å². The molecule has 0 aliphatic carbocycles. The Bertz CT molecular complexity index is 996. The lowest BCUT2D eigenvalue weighted by molar-refractivity contribution is -0.118. The van der Waals surface area contributed by atoms with Crippen LogP contribution in [0.5, 0.6) is 0 Å². The number of hydrogen-bond donors (Lipinski definition) is 1. The monoisotopic (exact) mass is 391 g/mol. The molecule has 1 aromatic carbocycles. The Morgan fingerprint density at radius 2 is 2.08 bits per heavy atom. The number of thiophene rings is 1. The molecule has 2 aromatic heterocycles. The van der Waals surface area contributed by atoms with Gasteiger partial charge in [0.25, 0.3) is 5.56 Å². The molecule has 8 heteroatoms. The molecule has 0 saturated carbocycles. The van der Waals surface area contributed by atoms with Crippen LogP contribution in [0.25, 0.3) is 21.3 Å². The number of halogens is 1. The van der Waals surface area contributed by atoms with E-state index in [0.717, 1.165) is 17.5 Å². The van der Waals surface area contributed by atoms with Crippen LogP contribution < -0.4 is 10.9 Å². The first-order valence-electron chi connectivity index (χ1n) is 8.15. The lowest BCUT2D eigenvalue weighted by Crippen LogP contribution is -2.26. The second-order valence-corrected chi connectivity index (χ2v) is 7.53. The van der Waals surface area contributed by atoms with Gasteiger partial charge in [0.15, 0.2) is 5.16 Å². The minimum Gasteiger partial charge on any atom is -0.355 e. The van der Waals surface area contributed by atoms with E-state index in [1.54, 1.807) is 19.2 Å². The highest BCUT2D eigenvalue weighted by Crippen LogP contribution is 2.32. The van der Waals surface area contributed by atoms with Crippen molar-refractivity contribution >= 4 is 39.2 Å². The molecule has 0 aliphatic rings. The Morgan fingerprint density at radius 3 is 2.77 bits per heavy atom. The summed E-state index contributed by atoms with van der Waals surface area (Å²) in [5, 5.41) is 5.68. The molecule has 0 bridgehead atoms. The van der Waals surface area contributed by atoms with Crippen LogP contribution in [0.4, 0.5) is 4.39 Å². The average molecular weight is 391 g/mol. The van der Waals surface area contributed by atoms with Gasteiger partial charge in [-0.1, -0.05) is 30.8 Å². The molecule has 0 saturated heterocycles. The van der Waals surface area contributed by atoms with E-state index in [-0.39, 0.29) is 23.0 Å². The first-order chi connectivity index (χ1) is 12.5. The number of amides is 1. The van der Waals surface area contributed by atoms with Crippen molar-refractivity contribution < 1.29 is 9.18 Å². The quantitative estimate of drug-likeness (QED) is 0.517. The lowest BCUT2D eigenvalue weighted by atomic mass is 10.1. The van der Waals surface area contributed by atoms with Gasteiger partial charge in [0.2, 0.25) is 5.91 Å². The molecule has 0 aliphatic heterocycles. The van der Waals surface area contributed by atoms with Crippen molar-refractivity contribution in [3.05, 3.63) is 45.8 Å². The lowest BCUT2D eigenvalue weighted by Gasteiger charge is -2.08. The molecule has 1 amide bonds. The second kappa shape index (κ2) is 8.01. The van der Waals surface area contributed by atoms with Crippen molar-refractivity contribution in [1.29, 1.82) is 0 Å². The Hall–Kier alpha value is -2.19. The van der Waals surface area contributed by atoms with Crippen molar-refractivity contribution in [2.75, 3.05) is 12.3 Å². The van der Waals surface area contributed by atoms with Gasteiger partial charge in [-0.2, -0.15) is 0 Å². The number of hydrogen-bond acceptors (Lipinski definition) is 5. The number of nitrogens with zero attached hydrogens (tertiary/aromatic N) is 2. The van der Waals surface area contributed by atoms with Gasteiger partial charge in [0.05, 0.1) is 11.1 Å². The highest BCUT2D eigenvalue weighted by molar-refractivity contribution is 7.99. The van der Waals surface area contributed by atoms with Crippen molar-refractivity contribution in [1.82, 2.24) is 14.9 Å². The van der Waals surface area contributed by atoms with Crippen LogP contribution in [0.1, 0.15) is 13.3 Å². The summed E-state index contributed by atoms with van der Waals surface area (Å²) >= 11 is 2.60. The molecule has 0 radical (unpaired) electrons. The van der Waals surface area contributed by atoms with Gasteiger partial charge in [0, 0.05) is 24.5 Å². The fraction of sp³-hybridized carbons (Fsp3) is 0.278. The smallest absolute Gasteiger partial charge is 0.263 e. The third-order valence-electron chi connectivity index (χ3n) is 3.83. The zero-order chi connectivity index (χ0) is 18.7. The van der Waals surface area contributed by atoms with Crippen LogP contribution in [0.3, 0.4) is 0 Å². The predicted molar refractivity (Wildman–Crippen MR) is 104 cm³/mol. The van der Waals surface area contributed by atoms with Crippen molar-refractivity contribution in [2.45, 2.75) is 18.5 Å². The van der Waals surface area contributed by atoms with Gasteiger partial charge in [-0.05, 0) is 24.1 Å². The van der Waals surface area contributed by atoms with E-state index in [9.17, 15) is 14.0 Å². The summed E-state index contributed by atoms with van der Waals surface area (Å²) in [6.07, 6.45) is 0.875. The maximum absolute atomic E-state index is 13.2. The highest BCUT2D eigenvalue weighted by atomic mass is 32.2. The Kier molecular flexibility index (Phi) is 5.73. The Labute approximate surface area is 158 Å². The maximum atomic E-state index is 13.2. The van der Waals surface area contributed by atoms with Crippen LogP contribution >= 0.6 is 23.1 Å². The summed E-state index contributed by atoms with van der Waals surface area (Å²) in [5.74, 6) is -0.189. The molecule has 136 valence electrons. The average Bonchev–Trinajstić information content (AvgIpc) is 3.06. The van der Waals surface area contributed by atoms with Crippen LogP contribution in [-0.4, -0.2) is 27.8 Å². The zero-order valence-corrected chi connectivity index (χ0v) is 16.0. The predicted octanol–water partition coefficient (Wildman–Crippen LogP) is 3.42. The van der Waals surface area contributed by atoms with Gasteiger partial charge in [-0.3, -0.25) is 14.2 Å². The topological polar surface area (TPSA) is 64.0 Å². The van der Waals surface area contributed by atoms with E-state index in [2.05, 4.69) is 10.3 Å². The fourth-order valence-corrected chi connectivity index (χ4v) is 4.26. The summed E-state index contributed by atoms with van der Waals surface area (Å²) in [6.45, 7) is 2.62. The standard InChI is InChI=1S/C18H18FN3O2S2/c1-3-8-20-14(23)10-26-18-21-16-15(17(24)22(18)2)13(9-25-16)11-4-6-12(19)7-5-11/h4-7,9H,3,8,10H2,1-2H3,(H,20,23). The van der Waals surface area contributed by atoms with Gasteiger partial charge in [-0.25, -0.2) is 9.37 Å². The number of aromatic nitrogens is 2. The van der Waals surface area contributed by atoms with Crippen LogP contribution in [0, 0.1) is 5.82 Å². The molecule has 1 N–H and O–H groups in total. The number of carbonyl (C=O) groups excluding carboxylic acids is 1. The second-order valence-electron chi connectivity index (χ2n) is 5.73. The van der Waals surface area contributed by atoms with Gasteiger partial charge in [-0.15, -0.1) is 11.3 Å². The van der Waals surface area contributed by atoms with Crippen molar-refractivity contribution in [2.24, 2.45) is 7.05 Å². The van der Waals surface area contributed by atoms with Crippen LogP contribution in [0.2, 0.25) is 0 Å². The van der Waals surface area contributed by atoms with E-state index in [1.807, 2.05) is 12.3 Å². The summed E-state index contributed by atoms with van der Waals surface area (Å²) in [6, 6.07) is 6.04. The van der Waals surface area contributed by atoms with Crippen molar-refractivity contribution in [3.8, 4) is 11.1 Å². The number of rotatable bonds is 6. The largest absolute Gasteiger partial charge is 0.355 e. The molecule has 0 atom stereocenters. The van der Waals surface area contributed by atoms with Crippen LogP contribution in [-0.2, 0) is 11.8 Å². The minimum atomic E-state index is -0.320. The number of nitrogens with one attached hydrogen (secondary N) is 1. The van der Waals surface area contributed by atoms with E-state index in [0.29, 0.717) is 21.9 Å². The molecule has 0 fully saturated rings. The molecule has 2 heterocycles. The molecular formula is C18H18FN3O2S2. The summed E-state index contributed by atoms with van der Waals surface area (Å²) in [4.78, 5) is 29.8. The maximum Gasteiger partial charge on any atom is 0.263 e. The zero-order valence-electron chi connectivity index (χ0n) is 14.4. The Balaban J connectivity index is 1.93. The first kappa shape index (κ1) is 18.6. The van der Waals surface area contributed by atoms with E-state index in [1.165, 1.54) is 39.8 Å². The van der Waals surface area contributed by atoms with Crippen LogP contribution in [0.15, 0.2) is 39.6 Å². The van der Waals surface area contributed by atoms with Gasteiger partial charge < -0.3 is 5.32 Å². The molecular weight excluding hydrogens is 373 g/mol. The molecule has 26 heavy (non-hydrogen) atoms. The number of thioether (sulfide) groups is 1. The van der Waals surface area contributed by atoms with E-state index in [4.69, 9.17) is 0 Å². The first-order valence-corrected chi connectivity index (χ1v) is 10.0. The van der Waals surface area contributed by atoms with E-state index < -0.39 is 0 Å². The highest BCUT2D eigenvalue weighted by Gasteiger charge is 2.16. The molecule has 3 rings (SSSR count).